The Labute approximate surface area is 200 Å². The second-order valence-corrected chi connectivity index (χ2v) is 10.5. The first-order valence-corrected chi connectivity index (χ1v) is 12.4. The van der Waals surface area contributed by atoms with Gasteiger partial charge in [0.25, 0.3) is 0 Å². The van der Waals surface area contributed by atoms with Crippen LogP contribution in [0, 0.1) is 17.8 Å². The SMILES string of the molecule is O=C(O)c1ccc(C=CC(=O)c2ccc(OCCCO)c(C34CC5CC(CC(C5)C3)C4)c2)cc1. The molecule has 0 heterocycles. The standard InChI is InChI=1S/C29H32O5/c30-10-1-11-34-27-9-7-24(26(31)8-4-19-2-5-23(6-3-19)28(32)33)15-25(27)29-16-20-12-21(17-29)14-22(13-20)18-29/h2-9,15,20-22,30H,1,10-14,16-18H2,(H,32,33). The summed E-state index contributed by atoms with van der Waals surface area (Å²) in [5.74, 6) is 2.17. The second-order valence-electron chi connectivity index (χ2n) is 10.5. The number of allylic oxidation sites excluding steroid dienone is 1. The lowest BCUT2D eigenvalue weighted by Gasteiger charge is -2.57. The molecule has 0 atom stereocenters. The van der Waals surface area contributed by atoms with Crippen molar-refractivity contribution in [2.45, 2.75) is 50.4 Å². The number of carbonyl (C=O) groups excluding carboxylic acids is 1. The smallest absolute Gasteiger partial charge is 0.335 e. The van der Waals surface area contributed by atoms with Crippen molar-refractivity contribution in [3.05, 3.63) is 70.8 Å². The predicted octanol–water partition coefficient (Wildman–Crippen LogP) is 5.51. The molecule has 0 amide bonds. The maximum absolute atomic E-state index is 13.1. The highest BCUT2D eigenvalue weighted by atomic mass is 16.5. The first-order valence-electron chi connectivity index (χ1n) is 12.4. The van der Waals surface area contributed by atoms with Crippen LogP contribution in [0.3, 0.4) is 0 Å². The zero-order valence-corrected chi connectivity index (χ0v) is 19.4. The molecule has 0 spiro atoms. The fourth-order valence-electron chi connectivity index (χ4n) is 6.92. The van der Waals surface area contributed by atoms with E-state index in [1.807, 2.05) is 12.1 Å². The van der Waals surface area contributed by atoms with Crippen LogP contribution in [0.4, 0.5) is 0 Å². The summed E-state index contributed by atoms with van der Waals surface area (Å²) in [5.41, 5.74) is 2.92. The van der Waals surface area contributed by atoms with Gasteiger partial charge in [0.05, 0.1) is 12.2 Å². The summed E-state index contributed by atoms with van der Waals surface area (Å²) in [5, 5.41) is 18.2. The average molecular weight is 461 g/mol. The summed E-state index contributed by atoms with van der Waals surface area (Å²) in [6.07, 6.45) is 11.5. The molecule has 2 aromatic carbocycles. The third-order valence-electron chi connectivity index (χ3n) is 8.02. The number of carboxylic acid groups (broad SMARTS) is 1. The molecule has 0 aromatic heterocycles. The molecule has 0 unspecified atom stereocenters. The summed E-state index contributed by atoms with van der Waals surface area (Å²) >= 11 is 0. The van der Waals surface area contributed by atoms with E-state index in [1.54, 1.807) is 24.3 Å². The van der Waals surface area contributed by atoms with Gasteiger partial charge in [-0.15, -0.1) is 0 Å². The molecule has 0 radical (unpaired) electrons. The van der Waals surface area contributed by atoms with Crippen LogP contribution in [0.25, 0.3) is 6.08 Å². The van der Waals surface area contributed by atoms with Gasteiger partial charge < -0.3 is 14.9 Å². The van der Waals surface area contributed by atoms with Gasteiger partial charge in [-0.1, -0.05) is 18.2 Å². The van der Waals surface area contributed by atoms with Crippen molar-refractivity contribution >= 4 is 17.8 Å². The Bertz CT molecular complexity index is 1060. The van der Waals surface area contributed by atoms with Gasteiger partial charge in [-0.3, -0.25) is 4.79 Å². The molecule has 4 aliphatic rings. The van der Waals surface area contributed by atoms with Gasteiger partial charge in [-0.2, -0.15) is 0 Å². The number of benzene rings is 2. The molecule has 4 saturated carbocycles. The van der Waals surface area contributed by atoms with Crippen molar-refractivity contribution in [1.29, 1.82) is 0 Å². The van der Waals surface area contributed by atoms with Crippen molar-refractivity contribution < 1.29 is 24.5 Å². The van der Waals surface area contributed by atoms with Crippen LogP contribution in [0.15, 0.2) is 48.5 Å². The van der Waals surface area contributed by atoms with E-state index in [2.05, 4.69) is 6.07 Å². The number of aliphatic hydroxyl groups is 1. The van der Waals surface area contributed by atoms with Crippen LogP contribution >= 0.6 is 0 Å². The average Bonchev–Trinajstić information content (AvgIpc) is 2.82. The van der Waals surface area contributed by atoms with E-state index in [4.69, 9.17) is 9.84 Å². The van der Waals surface area contributed by atoms with Gasteiger partial charge in [0.15, 0.2) is 5.78 Å². The Kier molecular flexibility index (Phi) is 6.30. The number of aliphatic hydroxyl groups excluding tert-OH is 1. The summed E-state index contributed by atoms with van der Waals surface area (Å²) in [4.78, 5) is 24.1. The summed E-state index contributed by atoms with van der Waals surface area (Å²) in [7, 11) is 0. The Balaban J connectivity index is 1.42. The second kappa shape index (κ2) is 9.38. The third kappa shape index (κ3) is 4.54. The zero-order chi connectivity index (χ0) is 23.7. The number of hydrogen-bond donors (Lipinski definition) is 2. The van der Waals surface area contributed by atoms with E-state index < -0.39 is 5.97 Å². The van der Waals surface area contributed by atoms with Gasteiger partial charge in [0.2, 0.25) is 0 Å². The summed E-state index contributed by atoms with van der Waals surface area (Å²) in [6.45, 7) is 0.566. The third-order valence-corrected chi connectivity index (χ3v) is 8.02. The fraction of sp³-hybridized carbons (Fsp3) is 0.448. The maximum Gasteiger partial charge on any atom is 0.335 e. The molecular weight excluding hydrogens is 428 g/mol. The molecule has 5 nitrogen and oxygen atoms in total. The topological polar surface area (TPSA) is 83.8 Å². The van der Waals surface area contributed by atoms with Crippen LogP contribution in [0.5, 0.6) is 5.75 Å². The number of rotatable bonds is 9. The fourth-order valence-corrected chi connectivity index (χ4v) is 6.92. The minimum absolute atomic E-state index is 0.0739. The highest BCUT2D eigenvalue weighted by molar-refractivity contribution is 6.07. The van der Waals surface area contributed by atoms with Gasteiger partial charge in [-0.25, -0.2) is 4.79 Å². The van der Waals surface area contributed by atoms with Crippen molar-refractivity contribution in [1.82, 2.24) is 0 Å². The first kappa shape index (κ1) is 22.9. The van der Waals surface area contributed by atoms with Crippen molar-refractivity contribution in [2.24, 2.45) is 17.8 Å². The molecular formula is C29H32O5. The maximum atomic E-state index is 13.1. The van der Waals surface area contributed by atoms with E-state index in [1.165, 1.54) is 56.2 Å². The van der Waals surface area contributed by atoms with Crippen LogP contribution < -0.4 is 4.74 Å². The van der Waals surface area contributed by atoms with Crippen LogP contribution in [0.2, 0.25) is 0 Å². The quantitative estimate of drug-likeness (QED) is 0.293. The monoisotopic (exact) mass is 460 g/mol. The molecule has 4 aliphatic carbocycles. The normalized spacial score (nSPS) is 27.3. The Morgan fingerprint density at radius 3 is 2.15 bits per heavy atom. The van der Waals surface area contributed by atoms with Crippen LogP contribution in [-0.2, 0) is 5.41 Å². The Hall–Kier alpha value is -2.92. The molecule has 4 fully saturated rings. The van der Waals surface area contributed by atoms with Crippen molar-refractivity contribution in [3.8, 4) is 5.75 Å². The largest absolute Gasteiger partial charge is 0.493 e. The van der Waals surface area contributed by atoms with Crippen LogP contribution in [-0.4, -0.2) is 35.2 Å². The van der Waals surface area contributed by atoms with Crippen molar-refractivity contribution in [2.75, 3.05) is 13.2 Å². The van der Waals surface area contributed by atoms with Gasteiger partial charge in [0, 0.05) is 24.2 Å². The number of ketones is 1. The lowest BCUT2D eigenvalue weighted by atomic mass is 9.48. The molecule has 0 saturated heterocycles. The van der Waals surface area contributed by atoms with Crippen molar-refractivity contribution in [3.63, 3.8) is 0 Å². The molecule has 4 bridgehead atoms. The first-order chi connectivity index (χ1) is 16.5. The molecule has 5 heteroatoms. The number of hydrogen-bond acceptors (Lipinski definition) is 4. The molecule has 34 heavy (non-hydrogen) atoms. The lowest BCUT2D eigenvalue weighted by molar-refractivity contribution is -0.00644. The Morgan fingerprint density at radius 2 is 1.56 bits per heavy atom. The molecule has 6 rings (SSSR count). The molecule has 2 aromatic rings. The summed E-state index contributed by atoms with van der Waals surface area (Å²) in [6, 6.07) is 12.3. The minimum Gasteiger partial charge on any atom is -0.493 e. The highest BCUT2D eigenvalue weighted by Crippen LogP contribution is 2.62. The zero-order valence-electron chi connectivity index (χ0n) is 19.4. The van der Waals surface area contributed by atoms with Gasteiger partial charge in [0.1, 0.15) is 5.75 Å². The number of carboxylic acids is 1. The van der Waals surface area contributed by atoms with E-state index in [0.717, 1.165) is 29.1 Å². The van der Waals surface area contributed by atoms with Crippen LogP contribution in [0.1, 0.15) is 76.8 Å². The molecule has 178 valence electrons. The van der Waals surface area contributed by atoms with E-state index in [9.17, 15) is 14.7 Å². The highest BCUT2D eigenvalue weighted by Gasteiger charge is 2.52. The number of ether oxygens (including phenoxy) is 1. The molecule has 0 aliphatic heterocycles. The minimum atomic E-state index is -0.967. The van der Waals surface area contributed by atoms with Gasteiger partial charge in [-0.05, 0) is 104 Å². The van der Waals surface area contributed by atoms with E-state index in [0.29, 0.717) is 18.6 Å². The lowest BCUT2D eigenvalue weighted by Crippen LogP contribution is -2.48. The molecule has 2 N–H and O–H groups in total. The van der Waals surface area contributed by atoms with E-state index >= 15 is 0 Å². The van der Waals surface area contributed by atoms with Gasteiger partial charge >= 0.3 is 5.97 Å². The summed E-state index contributed by atoms with van der Waals surface area (Å²) < 4.78 is 6.12. The number of carbonyl (C=O) groups is 2. The Morgan fingerprint density at radius 1 is 0.941 bits per heavy atom. The predicted molar refractivity (Wildman–Crippen MR) is 130 cm³/mol. The number of aromatic carboxylic acids is 1. The van der Waals surface area contributed by atoms with E-state index in [-0.39, 0.29) is 23.4 Å².